The Bertz CT molecular complexity index is 1240. The second-order valence-electron chi connectivity index (χ2n) is 9.01. The maximum absolute atomic E-state index is 13.7. The third kappa shape index (κ3) is 6.92. The smallest absolute Gasteiger partial charge is 0.247 e. The van der Waals surface area contributed by atoms with Gasteiger partial charge in [-0.2, -0.15) is 0 Å². The van der Waals surface area contributed by atoms with Crippen LogP contribution in [0.1, 0.15) is 40.3 Å². The maximum atomic E-state index is 13.7. The van der Waals surface area contributed by atoms with Gasteiger partial charge >= 0.3 is 0 Å². The Kier molecular flexibility index (Phi) is 8.66. The van der Waals surface area contributed by atoms with Gasteiger partial charge in [0.15, 0.2) is 0 Å². The summed E-state index contributed by atoms with van der Waals surface area (Å²) in [5.74, 6) is -0.243. The molecule has 36 heavy (non-hydrogen) atoms. The van der Waals surface area contributed by atoms with Gasteiger partial charge in [-0.15, -0.1) is 0 Å². The van der Waals surface area contributed by atoms with Crippen molar-refractivity contribution < 1.29 is 9.59 Å². The molecule has 4 rings (SSSR count). The highest BCUT2D eigenvalue weighted by molar-refractivity contribution is 5.88. The van der Waals surface area contributed by atoms with Crippen molar-refractivity contribution in [3.05, 3.63) is 143 Å². The minimum atomic E-state index is -0.736. The van der Waals surface area contributed by atoms with Crippen molar-refractivity contribution in [3.8, 4) is 0 Å². The number of hydrogen-bond donors (Lipinski definition) is 1. The zero-order valence-corrected chi connectivity index (χ0v) is 20.6. The lowest BCUT2D eigenvalue weighted by Crippen LogP contribution is -2.43. The van der Waals surface area contributed by atoms with Gasteiger partial charge in [0.25, 0.3) is 0 Å². The van der Waals surface area contributed by atoms with Gasteiger partial charge in [-0.05, 0) is 35.6 Å². The van der Waals surface area contributed by atoms with Crippen LogP contribution in [0.4, 0.5) is 0 Å². The first kappa shape index (κ1) is 24.9. The summed E-state index contributed by atoms with van der Waals surface area (Å²) in [6.07, 6.45) is 0.947. The molecule has 0 aliphatic carbocycles. The topological polar surface area (TPSA) is 49.4 Å². The van der Waals surface area contributed by atoms with Gasteiger partial charge < -0.3 is 10.2 Å². The summed E-state index contributed by atoms with van der Waals surface area (Å²) in [6.45, 7) is 2.79. The van der Waals surface area contributed by atoms with E-state index < -0.39 is 6.04 Å². The van der Waals surface area contributed by atoms with Gasteiger partial charge in [0, 0.05) is 19.5 Å². The molecule has 0 saturated heterocycles. The molecule has 0 fully saturated rings. The normalized spacial score (nSPS) is 11.5. The fraction of sp³-hybridized carbons (Fsp3) is 0.188. The van der Waals surface area contributed by atoms with Gasteiger partial charge in [0.1, 0.15) is 6.04 Å². The van der Waals surface area contributed by atoms with Gasteiger partial charge in [-0.1, -0.05) is 121 Å². The van der Waals surface area contributed by atoms with Gasteiger partial charge in [0.05, 0.1) is 0 Å². The predicted octanol–water partition coefficient (Wildman–Crippen LogP) is 6.01. The van der Waals surface area contributed by atoms with Crippen molar-refractivity contribution >= 4 is 11.8 Å². The fourth-order valence-electron chi connectivity index (χ4n) is 4.24. The number of carbonyl (C=O) groups is 2. The molecule has 4 nitrogen and oxygen atoms in total. The Morgan fingerprint density at radius 2 is 1.25 bits per heavy atom. The second kappa shape index (κ2) is 12.5. The molecule has 0 aromatic heterocycles. The number of carbonyl (C=O) groups excluding carboxylic acids is 2. The molecule has 182 valence electrons. The number of aryl methyl sites for hydroxylation is 2. The van der Waals surface area contributed by atoms with Crippen molar-refractivity contribution in [3.63, 3.8) is 0 Å². The zero-order chi connectivity index (χ0) is 25.2. The largest absolute Gasteiger partial charge is 0.350 e. The molecule has 0 radical (unpaired) electrons. The van der Waals surface area contributed by atoms with E-state index in [9.17, 15) is 9.59 Å². The number of hydrogen-bond acceptors (Lipinski definition) is 2. The van der Waals surface area contributed by atoms with Crippen molar-refractivity contribution in [2.75, 3.05) is 0 Å². The number of benzene rings is 4. The van der Waals surface area contributed by atoms with E-state index in [1.54, 1.807) is 4.90 Å². The van der Waals surface area contributed by atoms with Gasteiger partial charge in [0.2, 0.25) is 11.8 Å². The minimum absolute atomic E-state index is 0.0537. The van der Waals surface area contributed by atoms with E-state index in [-0.39, 0.29) is 11.8 Å². The van der Waals surface area contributed by atoms with Crippen molar-refractivity contribution in [2.24, 2.45) is 0 Å². The highest BCUT2D eigenvalue weighted by Gasteiger charge is 2.31. The SMILES string of the molecule is Cc1ccc(CNC(=O)C(c2ccccc2)N(Cc2ccccc2)C(=O)CCc2ccccc2)cc1. The number of rotatable bonds is 10. The predicted molar refractivity (Wildman–Crippen MR) is 144 cm³/mol. The minimum Gasteiger partial charge on any atom is -0.350 e. The molecular weight excluding hydrogens is 444 g/mol. The Morgan fingerprint density at radius 3 is 1.86 bits per heavy atom. The summed E-state index contributed by atoms with van der Waals surface area (Å²) in [5, 5.41) is 3.08. The molecule has 2 amide bonds. The Labute approximate surface area is 213 Å². The standard InChI is InChI=1S/C32H32N2O2/c1-25-17-19-27(20-18-25)23-33-32(36)31(29-15-9-4-10-16-29)34(24-28-13-7-3-8-14-28)30(35)22-21-26-11-5-2-6-12-26/h2-20,31H,21-24H2,1H3,(H,33,36). The maximum Gasteiger partial charge on any atom is 0.247 e. The average Bonchev–Trinajstić information content (AvgIpc) is 2.93. The highest BCUT2D eigenvalue weighted by Crippen LogP contribution is 2.25. The van der Waals surface area contributed by atoms with Crippen LogP contribution in [0, 0.1) is 6.92 Å². The lowest BCUT2D eigenvalue weighted by molar-refractivity contribution is -0.141. The van der Waals surface area contributed by atoms with Crippen LogP contribution < -0.4 is 5.32 Å². The molecule has 4 aromatic rings. The van der Waals surface area contributed by atoms with Crippen LogP contribution in [0.15, 0.2) is 115 Å². The van der Waals surface area contributed by atoms with Crippen LogP contribution in [0.5, 0.6) is 0 Å². The van der Waals surface area contributed by atoms with E-state index in [1.165, 1.54) is 5.56 Å². The summed E-state index contributed by atoms with van der Waals surface area (Å²) < 4.78 is 0. The van der Waals surface area contributed by atoms with E-state index in [0.29, 0.717) is 25.9 Å². The number of amides is 2. The van der Waals surface area contributed by atoms with E-state index >= 15 is 0 Å². The van der Waals surface area contributed by atoms with Crippen molar-refractivity contribution in [1.29, 1.82) is 0 Å². The first-order valence-corrected chi connectivity index (χ1v) is 12.4. The summed E-state index contributed by atoms with van der Waals surface area (Å²) in [5.41, 5.74) is 5.07. The molecule has 0 spiro atoms. The summed E-state index contributed by atoms with van der Waals surface area (Å²) in [4.78, 5) is 29.1. The highest BCUT2D eigenvalue weighted by atomic mass is 16.2. The summed E-state index contributed by atoms with van der Waals surface area (Å²) in [6, 6.07) is 36.7. The van der Waals surface area contributed by atoms with E-state index in [1.807, 2.05) is 122 Å². The summed E-state index contributed by atoms with van der Waals surface area (Å²) in [7, 11) is 0. The molecule has 0 saturated carbocycles. The van der Waals surface area contributed by atoms with Crippen molar-refractivity contribution in [2.45, 2.75) is 38.9 Å². The molecule has 0 heterocycles. The molecule has 1 atom stereocenters. The third-order valence-electron chi connectivity index (χ3n) is 6.25. The van der Waals surface area contributed by atoms with Gasteiger partial charge in [-0.3, -0.25) is 9.59 Å². The van der Waals surface area contributed by atoms with Gasteiger partial charge in [-0.25, -0.2) is 0 Å². The number of nitrogens with zero attached hydrogens (tertiary/aromatic N) is 1. The molecule has 0 aliphatic heterocycles. The first-order valence-electron chi connectivity index (χ1n) is 12.4. The molecule has 1 unspecified atom stereocenters. The van der Waals surface area contributed by atoms with Crippen molar-refractivity contribution in [1.82, 2.24) is 10.2 Å². The first-order chi connectivity index (χ1) is 17.6. The van der Waals surface area contributed by atoms with Crippen LogP contribution in [0.3, 0.4) is 0 Å². The van der Waals surface area contributed by atoms with Crippen LogP contribution in [0.25, 0.3) is 0 Å². The molecule has 0 aliphatic rings. The van der Waals surface area contributed by atoms with E-state index in [2.05, 4.69) is 5.32 Å². The molecule has 4 heteroatoms. The third-order valence-corrected chi connectivity index (χ3v) is 6.25. The van der Waals surface area contributed by atoms with Crippen LogP contribution >= 0.6 is 0 Å². The quantitative estimate of drug-likeness (QED) is 0.305. The van der Waals surface area contributed by atoms with Crippen LogP contribution in [-0.2, 0) is 29.1 Å². The van der Waals surface area contributed by atoms with E-state index in [0.717, 1.165) is 22.3 Å². The fourth-order valence-corrected chi connectivity index (χ4v) is 4.24. The lowest BCUT2D eigenvalue weighted by atomic mass is 10.0. The zero-order valence-electron chi connectivity index (χ0n) is 20.6. The molecule has 1 N–H and O–H groups in total. The van der Waals surface area contributed by atoms with Crippen LogP contribution in [0.2, 0.25) is 0 Å². The average molecular weight is 477 g/mol. The monoisotopic (exact) mass is 476 g/mol. The Balaban J connectivity index is 1.61. The molecule has 0 bridgehead atoms. The number of nitrogens with one attached hydrogen (secondary N) is 1. The van der Waals surface area contributed by atoms with E-state index in [4.69, 9.17) is 0 Å². The Hall–Kier alpha value is -4.18. The lowest BCUT2D eigenvalue weighted by Gasteiger charge is -2.32. The van der Waals surface area contributed by atoms with Crippen LogP contribution in [-0.4, -0.2) is 16.7 Å². The molecule has 4 aromatic carbocycles. The summed E-state index contributed by atoms with van der Waals surface area (Å²) >= 11 is 0. The second-order valence-corrected chi connectivity index (χ2v) is 9.01. The molecular formula is C32H32N2O2. The Morgan fingerprint density at radius 1 is 0.694 bits per heavy atom.